The maximum Gasteiger partial charge on any atom is 0.231 e. The summed E-state index contributed by atoms with van der Waals surface area (Å²) >= 11 is 5.61. The predicted molar refractivity (Wildman–Crippen MR) is 57.0 cm³/mol. The zero-order valence-electron chi connectivity index (χ0n) is 8.08. The highest BCUT2D eigenvalue weighted by atomic mass is 35.5. The van der Waals surface area contributed by atoms with Crippen LogP contribution >= 0.6 is 11.6 Å². The smallest absolute Gasteiger partial charge is 0.231 e. The fraction of sp³-hybridized carbons (Fsp3) is 0.200. The van der Waals surface area contributed by atoms with Gasteiger partial charge in [0.25, 0.3) is 0 Å². The van der Waals surface area contributed by atoms with Crippen LogP contribution in [0.4, 0.5) is 5.69 Å². The number of amides is 1. The minimum atomic E-state index is -0.458. The molecule has 0 aliphatic heterocycles. The molecule has 0 atom stereocenters. The van der Waals surface area contributed by atoms with E-state index in [9.17, 15) is 14.7 Å². The van der Waals surface area contributed by atoms with Crippen molar-refractivity contribution in [3.63, 3.8) is 0 Å². The van der Waals surface area contributed by atoms with Gasteiger partial charge in [0, 0.05) is 11.1 Å². The Bertz CT molecular complexity index is 404. The summed E-state index contributed by atoms with van der Waals surface area (Å²) in [5.74, 6) is -0.819. The number of hydrogen-bond acceptors (Lipinski definition) is 3. The number of phenolic OH excluding ortho intramolecular Hbond substituents is 1. The Hall–Kier alpha value is -1.55. The lowest BCUT2D eigenvalue weighted by Crippen LogP contribution is -2.14. The maximum atomic E-state index is 11.2. The Kier molecular flexibility index (Phi) is 3.68. The van der Waals surface area contributed by atoms with Gasteiger partial charge in [-0.05, 0) is 19.1 Å². The van der Waals surface area contributed by atoms with Gasteiger partial charge in [0.2, 0.25) is 5.91 Å². The standard InChI is InChI=1S/C10H10ClNO3/c1-6(13)4-10(15)12-8-3-2-7(11)5-9(8)14/h2-3,5,14H,4H2,1H3,(H,12,15). The molecule has 4 nitrogen and oxygen atoms in total. The molecule has 0 saturated heterocycles. The molecule has 0 saturated carbocycles. The van der Waals surface area contributed by atoms with Crippen LogP contribution in [0.3, 0.4) is 0 Å². The third-order valence-electron chi connectivity index (χ3n) is 1.64. The van der Waals surface area contributed by atoms with Crippen LogP contribution in [0, 0.1) is 0 Å². The number of rotatable bonds is 3. The monoisotopic (exact) mass is 227 g/mol. The minimum absolute atomic E-state index is 0.126. The summed E-state index contributed by atoms with van der Waals surface area (Å²) in [6.07, 6.45) is -0.206. The van der Waals surface area contributed by atoms with E-state index in [1.807, 2.05) is 0 Å². The molecular formula is C10H10ClNO3. The van der Waals surface area contributed by atoms with Crippen molar-refractivity contribution < 1.29 is 14.7 Å². The van der Waals surface area contributed by atoms with E-state index >= 15 is 0 Å². The van der Waals surface area contributed by atoms with E-state index in [-0.39, 0.29) is 23.6 Å². The summed E-state index contributed by atoms with van der Waals surface area (Å²) < 4.78 is 0. The molecule has 1 aromatic rings. The van der Waals surface area contributed by atoms with Crippen LogP contribution in [0.5, 0.6) is 5.75 Å². The molecule has 0 unspecified atom stereocenters. The van der Waals surface area contributed by atoms with E-state index in [0.29, 0.717) is 5.02 Å². The number of hydrogen-bond donors (Lipinski definition) is 2. The number of Topliss-reactive ketones (excluding diaryl/α,β-unsaturated/α-hetero) is 1. The number of aromatic hydroxyl groups is 1. The molecular weight excluding hydrogens is 218 g/mol. The van der Waals surface area contributed by atoms with Crippen LogP contribution in [0.15, 0.2) is 18.2 Å². The van der Waals surface area contributed by atoms with Crippen molar-refractivity contribution in [1.29, 1.82) is 0 Å². The fourth-order valence-electron chi connectivity index (χ4n) is 1.03. The lowest BCUT2D eigenvalue weighted by molar-refractivity contribution is -0.124. The second-order valence-electron chi connectivity index (χ2n) is 3.09. The Balaban J connectivity index is 2.72. The SMILES string of the molecule is CC(=O)CC(=O)Nc1ccc(Cl)cc1O. The molecule has 5 heteroatoms. The van der Waals surface area contributed by atoms with E-state index in [2.05, 4.69) is 5.32 Å². The van der Waals surface area contributed by atoms with Crippen molar-refractivity contribution in [2.45, 2.75) is 13.3 Å². The molecule has 80 valence electrons. The molecule has 0 aliphatic carbocycles. The van der Waals surface area contributed by atoms with Gasteiger partial charge in [-0.3, -0.25) is 9.59 Å². The van der Waals surface area contributed by atoms with Gasteiger partial charge in [-0.15, -0.1) is 0 Å². The summed E-state index contributed by atoms with van der Waals surface area (Å²) in [7, 11) is 0. The van der Waals surface area contributed by atoms with E-state index in [1.165, 1.54) is 25.1 Å². The maximum absolute atomic E-state index is 11.2. The normalized spacial score (nSPS) is 9.73. The molecule has 1 rings (SSSR count). The summed E-state index contributed by atoms with van der Waals surface area (Å²) in [6, 6.07) is 4.31. The molecule has 0 spiro atoms. The Morgan fingerprint density at radius 3 is 2.67 bits per heavy atom. The molecule has 0 aliphatic rings. The molecule has 0 bridgehead atoms. The first kappa shape index (κ1) is 11.5. The molecule has 0 aromatic heterocycles. The fourth-order valence-corrected chi connectivity index (χ4v) is 1.20. The van der Waals surface area contributed by atoms with Crippen LogP contribution in [-0.4, -0.2) is 16.8 Å². The molecule has 0 heterocycles. The van der Waals surface area contributed by atoms with E-state index in [0.717, 1.165) is 0 Å². The number of phenols is 1. The first-order valence-corrected chi connectivity index (χ1v) is 4.64. The lowest BCUT2D eigenvalue weighted by Gasteiger charge is -2.06. The summed E-state index contributed by atoms with van der Waals surface area (Å²) in [5, 5.41) is 12.2. The molecule has 0 fully saturated rings. The molecule has 2 N–H and O–H groups in total. The van der Waals surface area contributed by atoms with Gasteiger partial charge in [0.05, 0.1) is 12.1 Å². The third-order valence-corrected chi connectivity index (χ3v) is 1.88. The van der Waals surface area contributed by atoms with Gasteiger partial charge in [-0.25, -0.2) is 0 Å². The third kappa shape index (κ3) is 3.59. The van der Waals surface area contributed by atoms with Crippen LogP contribution in [0.1, 0.15) is 13.3 Å². The molecule has 1 amide bonds. The Morgan fingerprint density at radius 2 is 2.13 bits per heavy atom. The number of carbonyl (C=O) groups is 2. The second kappa shape index (κ2) is 4.79. The zero-order chi connectivity index (χ0) is 11.4. The molecule has 15 heavy (non-hydrogen) atoms. The Labute approximate surface area is 91.9 Å². The number of carbonyl (C=O) groups excluding carboxylic acids is 2. The van der Waals surface area contributed by atoms with E-state index < -0.39 is 5.91 Å². The number of anilines is 1. The second-order valence-corrected chi connectivity index (χ2v) is 3.52. The summed E-state index contributed by atoms with van der Waals surface area (Å²) in [6.45, 7) is 1.32. The van der Waals surface area contributed by atoms with E-state index in [1.54, 1.807) is 0 Å². The first-order chi connectivity index (χ1) is 6.99. The van der Waals surface area contributed by atoms with Crippen molar-refractivity contribution >= 4 is 29.0 Å². The quantitative estimate of drug-likeness (QED) is 0.613. The lowest BCUT2D eigenvalue weighted by atomic mass is 10.2. The molecule has 0 radical (unpaired) electrons. The van der Waals surface area contributed by atoms with Crippen molar-refractivity contribution in [2.75, 3.05) is 5.32 Å². The number of ketones is 1. The van der Waals surface area contributed by atoms with Gasteiger partial charge in [-0.2, -0.15) is 0 Å². The highest BCUT2D eigenvalue weighted by Crippen LogP contribution is 2.26. The topological polar surface area (TPSA) is 66.4 Å². The number of halogens is 1. The Morgan fingerprint density at radius 1 is 1.47 bits per heavy atom. The average Bonchev–Trinajstić information content (AvgIpc) is 2.08. The summed E-state index contributed by atoms with van der Waals surface area (Å²) in [4.78, 5) is 21.8. The van der Waals surface area contributed by atoms with Gasteiger partial charge in [-0.1, -0.05) is 11.6 Å². The van der Waals surface area contributed by atoms with Crippen molar-refractivity contribution in [3.8, 4) is 5.75 Å². The average molecular weight is 228 g/mol. The van der Waals surface area contributed by atoms with Crippen LogP contribution in [-0.2, 0) is 9.59 Å². The van der Waals surface area contributed by atoms with Gasteiger partial charge in [0.1, 0.15) is 11.5 Å². The van der Waals surface area contributed by atoms with Gasteiger partial charge in [0.15, 0.2) is 0 Å². The number of nitrogens with one attached hydrogen (secondary N) is 1. The van der Waals surface area contributed by atoms with Gasteiger partial charge >= 0.3 is 0 Å². The highest BCUT2D eigenvalue weighted by Gasteiger charge is 2.08. The highest BCUT2D eigenvalue weighted by molar-refractivity contribution is 6.30. The van der Waals surface area contributed by atoms with Crippen molar-refractivity contribution in [3.05, 3.63) is 23.2 Å². The predicted octanol–water partition coefficient (Wildman–Crippen LogP) is 1.96. The molecule has 1 aromatic carbocycles. The van der Waals surface area contributed by atoms with Crippen molar-refractivity contribution in [2.24, 2.45) is 0 Å². The minimum Gasteiger partial charge on any atom is -0.506 e. The first-order valence-electron chi connectivity index (χ1n) is 4.27. The van der Waals surface area contributed by atoms with Crippen LogP contribution < -0.4 is 5.32 Å². The summed E-state index contributed by atoms with van der Waals surface area (Å²) in [5.41, 5.74) is 0.241. The van der Waals surface area contributed by atoms with Crippen LogP contribution in [0.25, 0.3) is 0 Å². The van der Waals surface area contributed by atoms with E-state index in [4.69, 9.17) is 11.6 Å². The van der Waals surface area contributed by atoms with Gasteiger partial charge < -0.3 is 10.4 Å². The number of benzene rings is 1. The zero-order valence-corrected chi connectivity index (χ0v) is 8.84. The van der Waals surface area contributed by atoms with Crippen LogP contribution in [0.2, 0.25) is 5.02 Å². The largest absolute Gasteiger partial charge is 0.506 e. The van der Waals surface area contributed by atoms with Crippen molar-refractivity contribution in [1.82, 2.24) is 0 Å².